The highest BCUT2D eigenvalue weighted by Crippen LogP contribution is 2.14. The number of nitrogens with zero attached hydrogens (tertiary/aromatic N) is 4. The molecule has 0 bridgehead atoms. The third-order valence-corrected chi connectivity index (χ3v) is 3.21. The van der Waals surface area contributed by atoms with Crippen molar-refractivity contribution in [1.82, 2.24) is 14.9 Å². The summed E-state index contributed by atoms with van der Waals surface area (Å²) < 4.78 is 5.37. The first kappa shape index (κ1) is 14.5. The predicted molar refractivity (Wildman–Crippen MR) is 74.1 cm³/mol. The number of ether oxygens (including phenoxy) is 1. The summed E-state index contributed by atoms with van der Waals surface area (Å²) in [6.45, 7) is 6.36. The molecule has 0 amide bonds. The van der Waals surface area contributed by atoms with E-state index >= 15 is 0 Å². The van der Waals surface area contributed by atoms with Crippen molar-refractivity contribution in [2.75, 3.05) is 44.2 Å². The van der Waals surface area contributed by atoms with Crippen LogP contribution in [0.1, 0.15) is 13.3 Å². The van der Waals surface area contributed by atoms with Crippen molar-refractivity contribution in [2.24, 2.45) is 0 Å². The summed E-state index contributed by atoms with van der Waals surface area (Å²) in [5, 5.41) is 8.68. The average Bonchev–Trinajstić information content (AvgIpc) is 2.46. The summed E-state index contributed by atoms with van der Waals surface area (Å²) in [6.07, 6.45) is 1.89. The van der Waals surface area contributed by atoms with E-state index in [4.69, 9.17) is 9.84 Å². The summed E-state index contributed by atoms with van der Waals surface area (Å²) in [4.78, 5) is 23.4. The van der Waals surface area contributed by atoms with Gasteiger partial charge in [0.05, 0.1) is 13.0 Å². The second kappa shape index (κ2) is 7.04. The Morgan fingerprint density at radius 3 is 2.80 bits per heavy atom. The molecule has 110 valence electrons. The summed E-state index contributed by atoms with van der Waals surface area (Å²) in [5.41, 5.74) is 0. The first-order valence-electron chi connectivity index (χ1n) is 6.84. The van der Waals surface area contributed by atoms with Crippen LogP contribution in [0.2, 0.25) is 0 Å². The molecule has 7 heteroatoms. The zero-order valence-corrected chi connectivity index (χ0v) is 11.7. The summed E-state index contributed by atoms with van der Waals surface area (Å²) in [7, 11) is 0. The lowest BCUT2D eigenvalue weighted by Gasteiger charge is -2.34. The molecule has 1 fully saturated rings. The quantitative estimate of drug-likeness (QED) is 0.811. The first-order valence-corrected chi connectivity index (χ1v) is 6.84. The zero-order valence-electron chi connectivity index (χ0n) is 11.7. The van der Waals surface area contributed by atoms with Crippen molar-refractivity contribution < 1.29 is 14.6 Å². The van der Waals surface area contributed by atoms with Gasteiger partial charge >= 0.3 is 5.97 Å². The zero-order chi connectivity index (χ0) is 14.4. The first-order chi connectivity index (χ1) is 9.69. The minimum Gasteiger partial charge on any atom is -0.481 e. The number of piperazine rings is 1. The van der Waals surface area contributed by atoms with Crippen LogP contribution in [0.3, 0.4) is 0 Å². The number of carboxylic acids is 1. The maximum atomic E-state index is 10.6. The molecule has 0 aliphatic carbocycles. The molecular weight excluding hydrogens is 260 g/mol. The van der Waals surface area contributed by atoms with Crippen LogP contribution in [0.4, 0.5) is 5.95 Å². The number of aliphatic carboxylic acids is 1. The Morgan fingerprint density at radius 1 is 1.40 bits per heavy atom. The molecule has 1 N–H and O–H groups in total. The number of aromatic nitrogens is 2. The van der Waals surface area contributed by atoms with E-state index in [1.807, 2.05) is 6.92 Å². The van der Waals surface area contributed by atoms with Gasteiger partial charge in [-0.2, -0.15) is 4.98 Å². The number of hydrogen-bond acceptors (Lipinski definition) is 6. The molecule has 2 rings (SSSR count). The highest BCUT2D eigenvalue weighted by molar-refractivity contribution is 5.66. The number of anilines is 1. The van der Waals surface area contributed by atoms with Gasteiger partial charge in [-0.25, -0.2) is 4.98 Å². The van der Waals surface area contributed by atoms with Crippen molar-refractivity contribution in [1.29, 1.82) is 0 Å². The number of rotatable bonds is 6. The SMILES string of the molecule is CCOc1ccnc(N2CCN(CCC(=O)O)CC2)n1. The predicted octanol–water partition coefficient (Wildman–Crippen LogP) is 0.472. The van der Waals surface area contributed by atoms with E-state index in [2.05, 4.69) is 19.8 Å². The van der Waals surface area contributed by atoms with Crippen molar-refractivity contribution in [3.63, 3.8) is 0 Å². The normalized spacial score (nSPS) is 16.1. The highest BCUT2D eigenvalue weighted by Gasteiger charge is 2.19. The fourth-order valence-corrected chi connectivity index (χ4v) is 2.14. The second-order valence-electron chi connectivity index (χ2n) is 4.60. The fraction of sp³-hybridized carbons (Fsp3) is 0.615. The van der Waals surface area contributed by atoms with E-state index < -0.39 is 5.97 Å². The Morgan fingerprint density at radius 2 is 2.15 bits per heavy atom. The second-order valence-corrected chi connectivity index (χ2v) is 4.60. The molecule has 0 radical (unpaired) electrons. The van der Waals surface area contributed by atoms with E-state index in [0.29, 0.717) is 25.0 Å². The van der Waals surface area contributed by atoms with Gasteiger partial charge in [-0.05, 0) is 6.92 Å². The van der Waals surface area contributed by atoms with Crippen LogP contribution in [-0.4, -0.2) is 65.3 Å². The third-order valence-electron chi connectivity index (χ3n) is 3.21. The van der Waals surface area contributed by atoms with Crippen molar-refractivity contribution in [2.45, 2.75) is 13.3 Å². The minimum atomic E-state index is -0.750. The molecule has 2 heterocycles. The van der Waals surface area contributed by atoms with Gasteiger partial charge in [0.15, 0.2) is 0 Å². The largest absolute Gasteiger partial charge is 0.481 e. The van der Waals surface area contributed by atoms with Crippen LogP contribution in [-0.2, 0) is 4.79 Å². The lowest BCUT2D eigenvalue weighted by Crippen LogP contribution is -2.47. The maximum Gasteiger partial charge on any atom is 0.304 e. The Balaban J connectivity index is 1.86. The molecular formula is C13H20N4O3. The molecule has 1 saturated heterocycles. The number of carboxylic acid groups (broad SMARTS) is 1. The monoisotopic (exact) mass is 280 g/mol. The van der Waals surface area contributed by atoms with Crippen molar-refractivity contribution in [3.8, 4) is 5.88 Å². The third kappa shape index (κ3) is 4.06. The molecule has 0 unspecified atom stereocenters. The Hall–Kier alpha value is -1.89. The minimum absolute atomic E-state index is 0.191. The van der Waals surface area contributed by atoms with Crippen LogP contribution in [0, 0.1) is 0 Å². The van der Waals surface area contributed by atoms with Gasteiger partial charge in [0, 0.05) is 45.0 Å². The topological polar surface area (TPSA) is 78.8 Å². The molecule has 1 aliphatic rings. The molecule has 7 nitrogen and oxygen atoms in total. The molecule has 0 spiro atoms. The van der Waals surface area contributed by atoms with Crippen LogP contribution in [0.5, 0.6) is 5.88 Å². The fourth-order valence-electron chi connectivity index (χ4n) is 2.14. The lowest BCUT2D eigenvalue weighted by molar-refractivity contribution is -0.137. The van der Waals surface area contributed by atoms with E-state index in [1.54, 1.807) is 12.3 Å². The molecule has 0 aromatic carbocycles. The summed E-state index contributed by atoms with van der Waals surface area (Å²) >= 11 is 0. The smallest absolute Gasteiger partial charge is 0.304 e. The average molecular weight is 280 g/mol. The lowest BCUT2D eigenvalue weighted by atomic mass is 10.3. The molecule has 1 aromatic rings. The van der Waals surface area contributed by atoms with E-state index in [1.165, 1.54) is 0 Å². The molecule has 1 aliphatic heterocycles. The van der Waals surface area contributed by atoms with E-state index in [9.17, 15) is 4.79 Å². The standard InChI is InChI=1S/C13H20N4O3/c1-2-20-11-3-5-14-13(15-11)17-9-7-16(8-10-17)6-4-12(18)19/h3,5H,2,4,6-10H2,1H3,(H,18,19). The van der Waals surface area contributed by atoms with Gasteiger partial charge in [0.1, 0.15) is 0 Å². The van der Waals surface area contributed by atoms with Crippen LogP contribution in [0.25, 0.3) is 0 Å². The molecule has 1 aromatic heterocycles. The van der Waals surface area contributed by atoms with Gasteiger partial charge in [-0.1, -0.05) is 0 Å². The van der Waals surface area contributed by atoms with Gasteiger partial charge in [-0.3, -0.25) is 9.69 Å². The highest BCUT2D eigenvalue weighted by atomic mass is 16.5. The van der Waals surface area contributed by atoms with Crippen LogP contribution >= 0.6 is 0 Å². The van der Waals surface area contributed by atoms with Gasteiger partial charge < -0.3 is 14.7 Å². The maximum absolute atomic E-state index is 10.6. The molecule has 0 atom stereocenters. The summed E-state index contributed by atoms with van der Waals surface area (Å²) in [6, 6.07) is 1.75. The number of carbonyl (C=O) groups is 1. The molecule has 20 heavy (non-hydrogen) atoms. The van der Waals surface area contributed by atoms with Crippen molar-refractivity contribution >= 4 is 11.9 Å². The van der Waals surface area contributed by atoms with Gasteiger partial charge in [0.2, 0.25) is 11.8 Å². The van der Waals surface area contributed by atoms with Crippen LogP contribution in [0.15, 0.2) is 12.3 Å². The van der Waals surface area contributed by atoms with Crippen LogP contribution < -0.4 is 9.64 Å². The van der Waals surface area contributed by atoms with E-state index in [0.717, 1.165) is 26.2 Å². The van der Waals surface area contributed by atoms with Gasteiger partial charge in [0.25, 0.3) is 0 Å². The van der Waals surface area contributed by atoms with Crippen molar-refractivity contribution in [3.05, 3.63) is 12.3 Å². The Bertz CT molecular complexity index is 447. The summed E-state index contributed by atoms with van der Waals surface area (Å²) in [5.74, 6) is 0.514. The Labute approximate surface area is 118 Å². The van der Waals surface area contributed by atoms with Gasteiger partial charge in [-0.15, -0.1) is 0 Å². The molecule has 0 saturated carbocycles. The Kier molecular flexibility index (Phi) is 5.11. The van der Waals surface area contributed by atoms with E-state index in [-0.39, 0.29) is 6.42 Å². The number of hydrogen-bond donors (Lipinski definition) is 1.